The maximum atomic E-state index is 12.9. The van der Waals surface area contributed by atoms with Crippen molar-refractivity contribution in [2.45, 2.75) is 58.8 Å². The normalized spacial score (nSPS) is 19.6. The SMILES string of the molecule is COc1ccc(CN2C(=O)Cc3c2ccc(C)c3B2OC(C)(C)C(C)(C)O2)cc1. The van der Waals surface area contributed by atoms with Gasteiger partial charge >= 0.3 is 7.12 Å². The summed E-state index contributed by atoms with van der Waals surface area (Å²) >= 11 is 0. The van der Waals surface area contributed by atoms with Gasteiger partial charge in [0.05, 0.1) is 31.3 Å². The number of carbonyl (C=O) groups excluding carboxylic acids is 1. The molecule has 6 heteroatoms. The Morgan fingerprint density at radius 3 is 2.24 bits per heavy atom. The van der Waals surface area contributed by atoms with Gasteiger partial charge in [0.15, 0.2) is 0 Å². The fourth-order valence-corrected chi connectivity index (χ4v) is 3.97. The Labute approximate surface area is 173 Å². The third-order valence-corrected chi connectivity index (χ3v) is 6.46. The van der Waals surface area contributed by atoms with Gasteiger partial charge in [0.1, 0.15) is 5.75 Å². The average molecular weight is 393 g/mol. The highest BCUT2D eigenvalue weighted by Crippen LogP contribution is 2.38. The van der Waals surface area contributed by atoms with Gasteiger partial charge in [-0.1, -0.05) is 23.8 Å². The number of nitrogens with zero attached hydrogens (tertiary/aromatic N) is 1. The van der Waals surface area contributed by atoms with E-state index in [2.05, 4.69) is 13.0 Å². The quantitative estimate of drug-likeness (QED) is 0.748. The molecule has 2 aliphatic rings. The molecule has 2 heterocycles. The molecular weight excluding hydrogens is 365 g/mol. The van der Waals surface area contributed by atoms with Crippen LogP contribution in [0.5, 0.6) is 5.75 Å². The van der Waals surface area contributed by atoms with Crippen molar-refractivity contribution in [3.63, 3.8) is 0 Å². The largest absolute Gasteiger partial charge is 0.497 e. The Morgan fingerprint density at radius 2 is 1.66 bits per heavy atom. The van der Waals surface area contributed by atoms with Crippen LogP contribution in [0.25, 0.3) is 0 Å². The highest BCUT2D eigenvalue weighted by molar-refractivity contribution is 6.63. The Kier molecular flexibility index (Phi) is 4.75. The zero-order valence-corrected chi connectivity index (χ0v) is 18.0. The molecule has 2 aromatic carbocycles. The van der Waals surface area contributed by atoms with Crippen LogP contribution >= 0.6 is 0 Å². The highest BCUT2D eigenvalue weighted by Gasteiger charge is 2.53. The third-order valence-electron chi connectivity index (χ3n) is 6.46. The summed E-state index contributed by atoms with van der Waals surface area (Å²) in [7, 11) is 1.18. The van der Waals surface area contributed by atoms with Gasteiger partial charge in [0.2, 0.25) is 5.91 Å². The molecule has 0 spiro atoms. The number of fused-ring (bicyclic) bond motifs is 1. The molecular formula is C23H28BNO4. The lowest BCUT2D eigenvalue weighted by Crippen LogP contribution is -2.41. The van der Waals surface area contributed by atoms with Crippen molar-refractivity contribution in [1.82, 2.24) is 0 Å². The fourth-order valence-electron chi connectivity index (χ4n) is 3.97. The molecule has 0 bridgehead atoms. The first-order valence-electron chi connectivity index (χ1n) is 10.0. The van der Waals surface area contributed by atoms with E-state index in [0.29, 0.717) is 13.0 Å². The molecule has 0 atom stereocenters. The van der Waals surface area contributed by atoms with E-state index in [1.165, 1.54) is 0 Å². The summed E-state index contributed by atoms with van der Waals surface area (Å²) < 4.78 is 17.8. The van der Waals surface area contributed by atoms with Crippen molar-refractivity contribution in [3.05, 3.63) is 53.1 Å². The summed E-state index contributed by atoms with van der Waals surface area (Å²) in [6, 6.07) is 11.9. The van der Waals surface area contributed by atoms with E-state index in [4.69, 9.17) is 14.0 Å². The van der Waals surface area contributed by atoms with Gasteiger partial charge in [-0.3, -0.25) is 4.79 Å². The fraction of sp³-hybridized carbons (Fsp3) is 0.435. The van der Waals surface area contributed by atoms with E-state index >= 15 is 0 Å². The minimum absolute atomic E-state index is 0.0965. The van der Waals surface area contributed by atoms with Crippen LogP contribution in [0, 0.1) is 6.92 Å². The minimum atomic E-state index is -0.469. The second-order valence-corrected chi connectivity index (χ2v) is 8.89. The van der Waals surface area contributed by atoms with Crippen LogP contribution in [0.15, 0.2) is 36.4 Å². The molecule has 2 aliphatic heterocycles. The van der Waals surface area contributed by atoms with Crippen LogP contribution in [0.1, 0.15) is 44.4 Å². The monoisotopic (exact) mass is 393 g/mol. The van der Waals surface area contributed by atoms with Gasteiger partial charge in [-0.05, 0) is 69.4 Å². The second-order valence-electron chi connectivity index (χ2n) is 8.89. The van der Waals surface area contributed by atoms with Gasteiger partial charge in [-0.15, -0.1) is 0 Å². The predicted molar refractivity (Wildman–Crippen MR) is 115 cm³/mol. The molecule has 152 valence electrons. The Balaban J connectivity index is 1.68. The van der Waals surface area contributed by atoms with Gasteiger partial charge in [-0.2, -0.15) is 0 Å². The van der Waals surface area contributed by atoms with Gasteiger partial charge in [-0.25, -0.2) is 0 Å². The first-order chi connectivity index (χ1) is 13.6. The molecule has 5 nitrogen and oxygen atoms in total. The molecule has 1 saturated heterocycles. The number of benzene rings is 2. The van der Waals surface area contributed by atoms with Gasteiger partial charge in [0.25, 0.3) is 0 Å². The molecule has 0 radical (unpaired) electrons. The second kappa shape index (κ2) is 6.89. The molecule has 0 unspecified atom stereocenters. The Bertz CT molecular complexity index is 936. The highest BCUT2D eigenvalue weighted by atomic mass is 16.7. The number of hydrogen-bond acceptors (Lipinski definition) is 4. The standard InChI is InChI=1S/C23H28BNO4/c1-15-7-12-19-18(21(15)24-28-22(2,3)23(4,5)29-24)13-20(26)25(19)14-16-8-10-17(27-6)11-9-16/h7-12H,13-14H2,1-6H3. The molecule has 0 aromatic heterocycles. The molecule has 4 rings (SSSR count). The van der Waals surface area contributed by atoms with Gasteiger partial charge < -0.3 is 18.9 Å². The molecule has 0 N–H and O–H groups in total. The zero-order valence-electron chi connectivity index (χ0n) is 18.0. The smallest absolute Gasteiger partial charge is 0.495 e. The van der Waals surface area contributed by atoms with Crippen LogP contribution in [-0.2, 0) is 27.1 Å². The Morgan fingerprint density at radius 1 is 1.03 bits per heavy atom. The maximum Gasteiger partial charge on any atom is 0.495 e. The lowest BCUT2D eigenvalue weighted by Gasteiger charge is -2.32. The van der Waals surface area contributed by atoms with E-state index in [9.17, 15) is 4.79 Å². The van der Waals surface area contributed by atoms with Crippen LogP contribution < -0.4 is 15.1 Å². The topological polar surface area (TPSA) is 48.0 Å². The lowest BCUT2D eigenvalue weighted by atomic mass is 9.72. The first-order valence-corrected chi connectivity index (χ1v) is 10.0. The molecule has 2 aromatic rings. The summed E-state index contributed by atoms with van der Waals surface area (Å²) in [6.07, 6.45) is 0.368. The van der Waals surface area contributed by atoms with Crippen LogP contribution in [0.3, 0.4) is 0 Å². The van der Waals surface area contributed by atoms with Crippen molar-refractivity contribution < 1.29 is 18.8 Å². The first kappa shape index (κ1) is 20.0. The molecule has 1 fully saturated rings. The summed E-state index contributed by atoms with van der Waals surface area (Å²) in [5.41, 5.74) is 4.26. The van der Waals surface area contributed by atoms with Crippen molar-refractivity contribution in [2.75, 3.05) is 12.0 Å². The summed E-state index contributed by atoms with van der Waals surface area (Å²) in [5, 5.41) is 0. The number of ether oxygens (including phenoxy) is 1. The number of hydrogen-bond donors (Lipinski definition) is 0. The summed E-state index contributed by atoms with van der Waals surface area (Å²) in [4.78, 5) is 14.8. The van der Waals surface area contributed by atoms with E-state index in [1.807, 2.05) is 62.9 Å². The average Bonchev–Trinajstić information content (AvgIpc) is 3.07. The van der Waals surface area contributed by atoms with Crippen LogP contribution in [-0.4, -0.2) is 31.3 Å². The van der Waals surface area contributed by atoms with E-state index in [1.54, 1.807) is 7.11 Å². The van der Waals surface area contributed by atoms with E-state index in [-0.39, 0.29) is 5.91 Å². The number of carbonyl (C=O) groups is 1. The van der Waals surface area contributed by atoms with E-state index in [0.717, 1.165) is 33.6 Å². The molecule has 0 aliphatic carbocycles. The van der Waals surface area contributed by atoms with Crippen molar-refractivity contribution >= 4 is 24.2 Å². The number of anilines is 1. The molecule has 1 amide bonds. The zero-order chi connectivity index (χ0) is 21.0. The minimum Gasteiger partial charge on any atom is -0.497 e. The molecule has 29 heavy (non-hydrogen) atoms. The van der Waals surface area contributed by atoms with Crippen molar-refractivity contribution in [2.24, 2.45) is 0 Å². The number of rotatable bonds is 4. The summed E-state index contributed by atoms with van der Waals surface area (Å²) in [6.45, 7) is 10.8. The third kappa shape index (κ3) is 3.34. The van der Waals surface area contributed by atoms with Gasteiger partial charge in [0, 0.05) is 5.69 Å². The predicted octanol–water partition coefficient (Wildman–Crippen LogP) is 3.39. The van der Waals surface area contributed by atoms with E-state index < -0.39 is 18.3 Å². The van der Waals surface area contributed by atoms with Crippen molar-refractivity contribution in [1.29, 1.82) is 0 Å². The molecule has 0 saturated carbocycles. The van der Waals surface area contributed by atoms with Crippen molar-refractivity contribution in [3.8, 4) is 5.75 Å². The number of aryl methyl sites for hydroxylation is 1. The lowest BCUT2D eigenvalue weighted by molar-refractivity contribution is -0.117. The number of amides is 1. The number of methoxy groups -OCH3 is 1. The van der Waals surface area contributed by atoms with Crippen LogP contribution in [0.4, 0.5) is 5.69 Å². The summed E-state index contributed by atoms with van der Waals surface area (Å²) in [5.74, 6) is 0.903. The Hall–Kier alpha value is -2.31. The van der Waals surface area contributed by atoms with Crippen LogP contribution in [0.2, 0.25) is 0 Å². The maximum absolute atomic E-state index is 12.9.